The molecule has 2 fully saturated rings. The van der Waals surface area contributed by atoms with Gasteiger partial charge in [0, 0.05) is 0 Å². The van der Waals surface area contributed by atoms with Gasteiger partial charge in [-0.2, -0.15) is 0 Å². The summed E-state index contributed by atoms with van der Waals surface area (Å²) in [7, 11) is 1.56. The van der Waals surface area contributed by atoms with Crippen LogP contribution in [0.15, 0.2) is 72.8 Å². The number of para-hydroxylation sites is 1. The summed E-state index contributed by atoms with van der Waals surface area (Å²) in [4.78, 5) is 34.2. The van der Waals surface area contributed by atoms with E-state index in [1.807, 2.05) is 49.4 Å². The number of imide groups is 1. The summed E-state index contributed by atoms with van der Waals surface area (Å²) in [6.07, 6.45) is -0.164. The van der Waals surface area contributed by atoms with Crippen LogP contribution in [0.1, 0.15) is 24.9 Å². The molecular weight excluding hydrogens is 451 g/mol. The van der Waals surface area contributed by atoms with E-state index in [9.17, 15) is 14.0 Å². The van der Waals surface area contributed by atoms with Crippen molar-refractivity contribution in [2.75, 3.05) is 23.7 Å². The van der Waals surface area contributed by atoms with Crippen molar-refractivity contribution in [3.63, 3.8) is 0 Å². The fourth-order valence-corrected chi connectivity index (χ4v) is 4.60. The Balaban J connectivity index is 1.57. The molecule has 5 rings (SSSR count). The molecule has 0 N–H and O–H groups in total. The van der Waals surface area contributed by atoms with Gasteiger partial charge in [0.1, 0.15) is 11.7 Å². The minimum Gasteiger partial charge on any atom is -0.493 e. The number of methoxy groups -OCH3 is 1. The quantitative estimate of drug-likeness (QED) is 0.462. The third-order valence-electron chi connectivity index (χ3n) is 6.20. The number of hydroxylamine groups is 1. The van der Waals surface area contributed by atoms with E-state index >= 15 is 0 Å². The lowest BCUT2D eigenvalue weighted by atomic mass is 9.90. The van der Waals surface area contributed by atoms with Crippen molar-refractivity contribution in [1.82, 2.24) is 0 Å². The lowest BCUT2D eigenvalue weighted by Gasteiger charge is -2.29. The molecule has 2 aliphatic rings. The van der Waals surface area contributed by atoms with E-state index in [4.69, 9.17) is 14.3 Å². The van der Waals surface area contributed by atoms with Crippen molar-refractivity contribution in [3.05, 3.63) is 84.2 Å². The van der Waals surface area contributed by atoms with E-state index < -0.39 is 35.7 Å². The number of amides is 2. The van der Waals surface area contributed by atoms with Gasteiger partial charge >= 0.3 is 0 Å². The Morgan fingerprint density at radius 2 is 1.66 bits per heavy atom. The van der Waals surface area contributed by atoms with Gasteiger partial charge in [0.15, 0.2) is 17.6 Å². The highest BCUT2D eigenvalue weighted by Crippen LogP contribution is 2.48. The summed E-state index contributed by atoms with van der Waals surface area (Å²) in [5.41, 5.74) is 1.76. The molecule has 180 valence electrons. The molecule has 8 heteroatoms. The van der Waals surface area contributed by atoms with E-state index in [1.165, 1.54) is 24.3 Å². The SMILES string of the molecule is CCCOc1ccc([C@@H]2[C@@H]3C(=O)N(c4ccc(F)cc4)C(=O)[C@H]3ON2c2ccccc2)cc1OC. The second kappa shape index (κ2) is 9.38. The average molecular weight is 477 g/mol. The fraction of sp³-hybridized carbons (Fsp3) is 0.259. The number of hydrogen-bond donors (Lipinski definition) is 0. The van der Waals surface area contributed by atoms with E-state index in [2.05, 4.69) is 0 Å². The minimum atomic E-state index is -1.01. The normalized spacial score (nSPS) is 21.4. The summed E-state index contributed by atoms with van der Waals surface area (Å²) < 4.78 is 24.8. The number of hydrogen-bond acceptors (Lipinski definition) is 6. The Morgan fingerprint density at radius 1 is 0.914 bits per heavy atom. The van der Waals surface area contributed by atoms with Crippen molar-refractivity contribution in [3.8, 4) is 11.5 Å². The van der Waals surface area contributed by atoms with E-state index in [0.717, 1.165) is 16.9 Å². The number of carbonyl (C=O) groups excluding carboxylic acids is 2. The number of benzene rings is 3. The fourth-order valence-electron chi connectivity index (χ4n) is 4.60. The summed E-state index contributed by atoms with van der Waals surface area (Å²) in [5, 5.41) is 1.62. The van der Waals surface area contributed by atoms with Crippen LogP contribution in [-0.4, -0.2) is 31.6 Å². The molecule has 35 heavy (non-hydrogen) atoms. The van der Waals surface area contributed by atoms with Crippen LogP contribution in [0.3, 0.4) is 0 Å². The van der Waals surface area contributed by atoms with Crippen LogP contribution in [0.5, 0.6) is 11.5 Å². The van der Waals surface area contributed by atoms with Crippen LogP contribution < -0.4 is 19.4 Å². The van der Waals surface area contributed by atoms with E-state index in [0.29, 0.717) is 29.5 Å². The molecule has 0 bridgehead atoms. The predicted molar refractivity (Wildman–Crippen MR) is 128 cm³/mol. The standard InChI is InChI=1S/C27H25FN2O5/c1-3-15-34-21-14-9-17(16-22(21)33-2)24-23-25(35-30(24)20-7-5-4-6-8-20)27(32)29(26(23)31)19-12-10-18(28)11-13-19/h4-14,16,23-25H,3,15H2,1-2H3/t23-,24+,25-/m0/s1. The minimum absolute atomic E-state index is 0.310. The molecular formula is C27H25FN2O5. The molecule has 2 aliphatic heterocycles. The monoisotopic (exact) mass is 476 g/mol. The number of carbonyl (C=O) groups is 2. The second-order valence-electron chi connectivity index (χ2n) is 8.41. The third kappa shape index (κ3) is 4.00. The highest BCUT2D eigenvalue weighted by atomic mass is 19.1. The highest BCUT2D eigenvalue weighted by Gasteiger charge is 2.60. The van der Waals surface area contributed by atoms with Crippen molar-refractivity contribution in [2.24, 2.45) is 5.92 Å². The maximum Gasteiger partial charge on any atom is 0.266 e. The van der Waals surface area contributed by atoms with Crippen molar-refractivity contribution < 1.29 is 28.3 Å². The molecule has 0 saturated carbocycles. The van der Waals surface area contributed by atoms with Gasteiger partial charge in [0.05, 0.1) is 31.1 Å². The number of anilines is 2. The first-order valence-corrected chi connectivity index (χ1v) is 11.5. The average Bonchev–Trinajstić information content (AvgIpc) is 3.39. The Bertz CT molecular complexity index is 1230. The Hall–Kier alpha value is -3.91. The van der Waals surface area contributed by atoms with Crippen LogP contribution in [0.4, 0.5) is 15.8 Å². The zero-order valence-corrected chi connectivity index (χ0v) is 19.4. The van der Waals surface area contributed by atoms with Gasteiger partial charge < -0.3 is 9.47 Å². The summed E-state index contributed by atoms with van der Waals surface area (Å²) in [6.45, 7) is 2.56. The van der Waals surface area contributed by atoms with Crippen LogP contribution in [0.25, 0.3) is 0 Å². The van der Waals surface area contributed by atoms with Crippen molar-refractivity contribution in [2.45, 2.75) is 25.5 Å². The van der Waals surface area contributed by atoms with Crippen LogP contribution >= 0.6 is 0 Å². The Labute approximate surface area is 202 Å². The van der Waals surface area contributed by atoms with Gasteiger partial charge in [-0.1, -0.05) is 31.2 Å². The number of fused-ring (bicyclic) bond motifs is 1. The molecule has 2 saturated heterocycles. The maximum absolute atomic E-state index is 13.7. The molecule has 0 unspecified atom stereocenters. The predicted octanol–water partition coefficient (Wildman–Crippen LogP) is 4.67. The van der Waals surface area contributed by atoms with Crippen molar-refractivity contribution >= 4 is 23.2 Å². The lowest BCUT2D eigenvalue weighted by Crippen LogP contribution is -2.37. The molecule has 0 radical (unpaired) electrons. The van der Waals surface area contributed by atoms with Gasteiger partial charge in [-0.05, 0) is 60.5 Å². The molecule has 0 aromatic heterocycles. The maximum atomic E-state index is 13.7. The molecule has 0 spiro atoms. The molecule has 2 amide bonds. The Morgan fingerprint density at radius 3 is 2.34 bits per heavy atom. The third-order valence-corrected chi connectivity index (χ3v) is 6.20. The number of rotatable bonds is 7. The first-order valence-electron chi connectivity index (χ1n) is 11.5. The lowest BCUT2D eigenvalue weighted by molar-refractivity contribution is -0.126. The number of ether oxygens (including phenoxy) is 2. The molecule has 7 nitrogen and oxygen atoms in total. The van der Waals surface area contributed by atoms with Crippen LogP contribution in [-0.2, 0) is 14.4 Å². The summed E-state index contributed by atoms with van der Waals surface area (Å²) in [5.74, 6) is -1.01. The molecule has 0 aliphatic carbocycles. The topological polar surface area (TPSA) is 68.3 Å². The smallest absolute Gasteiger partial charge is 0.266 e. The molecule has 3 aromatic carbocycles. The second-order valence-corrected chi connectivity index (χ2v) is 8.41. The number of nitrogens with zero attached hydrogens (tertiary/aromatic N) is 2. The summed E-state index contributed by atoms with van der Waals surface area (Å²) in [6, 6.07) is 19.5. The summed E-state index contributed by atoms with van der Waals surface area (Å²) >= 11 is 0. The Kier molecular flexibility index (Phi) is 6.13. The van der Waals surface area contributed by atoms with Gasteiger partial charge in [-0.25, -0.2) is 14.4 Å². The van der Waals surface area contributed by atoms with Crippen LogP contribution in [0, 0.1) is 11.7 Å². The highest BCUT2D eigenvalue weighted by molar-refractivity contribution is 6.23. The van der Waals surface area contributed by atoms with Gasteiger partial charge in [0.2, 0.25) is 5.91 Å². The van der Waals surface area contributed by atoms with Crippen LogP contribution in [0.2, 0.25) is 0 Å². The van der Waals surface area contributed by atoms with E-state index in [-0.39, 0.29) is 0 Å². The van der Waals surface area contributed by atoms with Gasteiger partial charge in [-0.3, -0.25) is 14.4 Å². The zero-order valence-electron chi connectivity index (χ0n) is 19.4. The van der Waals surface area contributed by atoms with Gasteiger partial charge in [-0.15, -0.1) is 0 Å². The number of halogens is 1. The van der Waals surface area contributed by atoms with Crippen molar-refractivity contribution in [1.29, 1.82) is 0 Å². The zero-order chi connectivity index (χ0) is 24.5. The molecule has 3 aromatic rings. The van der Waals surface area contributed by atoms with Gasteiger partial charge in [0.25, 0.3) is 5.91 Å². The van der Waals surface area contributed by atoms with E-state index in [1.54, 1.807) is 18.2 Å². The molecule has 2 heterocycles. The largest absolute Gasteiger partial charge is 0.493 e. The first kappa shape index (κ1) is 22.9. The molecule has 3 atom stereocenters. The first-order chi connectivity index (χ1) is 17.0.